The number of benzene rings is 3. The van der Waals surface area contributed by atoms with E-state index in [-0.39, 0.29) is 0 Å². The van der Waals surface area contributed by atoms with E-state index in [0.29, 0.717) is 11.6 Å². The van der Waals surface area contributed by atoms with E-state index in [0.717, 1.165) is 38.3 Å². The van der Waals surface area contributed by atoms with Crippen LogP contribution in [-0.4, -0.2) is 21.7 Å². The van der Waals surface area contributed by atoms with Gasteiger partial charge in [-0.25, -0.2) is 4.98 Å². The van der Waals surface area contributed by atoms with Gasteiger partial charge in [-0.3, -0.25) is 15.7 Å². The first kappa shape index (κ1) is 16.8. The van der Waals surface area contributed by atoms with E-state index >= 15 is 0 Å². The SMILES string of the molecule is N=C1CS/C(=N\Nc2c3ccccc3nc3ccccc23)N1c1ccccc1. The maximum absolute atomic E-state index is 8.31. The highest BCUT2D eigenvalue weighted by atomic mass is 32.2. The quantitative estimate of drug-likeness (QED) is 0.372. The molecule has 0 aliphatic carbocycles. The molecule has 1 fully saturated rings. The molecule has 5 nitrogen and oxygen atoms in total. The van der Waals surface area contributed by atoms with Gasteiger partial charge in [-0.05, 0) is 24.3 Å². The highest BCUT2D eigenvalue weighted by Gasteiger charge is 2.27. The zero-order valence-corrected chi connectivity index (χ0v) is 15.8. The molecule has 0 unspecified atom stereocenters. The zero-order chi connectivity index (χ0) is 18.9. The van der Waals surface area contributed by atoms with Crippen molar-refractivity contribution in [2.75, 3.05) is 16.1 Å². The van der Waals surface area contributed by atoms with Crippen molar-refractivity contribution in [2.24, 2.45) is 5.10 Å². The average Bonchev–Trinajstić information content (AvgIpc) is 3.12. The number of pyridine rings is 1. The standard InChI is InChI=1S/C22H17N5S/c23-20-14-28-22(27(20)15-8-2-1-3-9-15)26-25-21-16-10-4-6-12-18(16)24-19-13-7-5-11-17(19)21/h1-13,23H,14H2,(H,24,25)/b23-20?,26-22-. The topological polar surface area (TPSA) is 64.4 Å². The maximum atomic E-state index is 8.31. The van der Waals surface area contributed by atoms with Crippen LogP contribution in [0.25, 0.3) is 21.8 Å². The van der Waals surface area contributed by atoms with Crippen LogP contribution in [-0.2, 0) is 0 Å². The molecule has 2 N–H and O–H groups in total. The molecule has 0 amide bonds. The molecule has 2 heterocycles. The van der Waals surface area contributed by atoms with Crippen LogP contribution >= 0.6 is 11.8 Å². The molecule has 1 aliphatic heterocycles. The number of hydrogen-bond acceptors (Lipinski definition) is 5. The largest absolute Gasteiger partial charge is 0.287 e. The summed E-state index contributed by atoms with van der Waals surface area (Å²) in [5, 5.41) is 15.8. The van der Waals surface area contributed by atoms with Gasteiger partial charge in [-0.15, -0.1) is 5.10 Å². The number of para-hydroxylation sites is 3. The fraction of sp³-hybridized carbons (Fsp3) is 0.0455. The Balaban J connectivity index is 1.60. The fourth-order valence-corrected chi connectivity index (χ4v) is 4.22. The molecule has 5 rings (SSSR count). The van der Waals surface area contributed by atoms with E-state index in [4.69, 9.17) is 10.4 Å². The van der Waals surface area contributed by atoms with Gasteiger partial charge in [0.2, 0.25) is 0 Å². The van der Waals surface area contributed by atoms with Crippen molar-refractivity contribution in [3.8, 4) is 0 Å². The summed E-state index contributed by atoms with van der Waals surface area (Å²) < 4.78 is 0. The van der Waals surface area contributed by atoms with Crippen molar-refractivity contribution < 1.29 is 0 Å². The second-order valence-electron chi connectivity index (χ2n) is 6.43. The monoisotopic (exact) mass is 383 g/mol. The summed E-state index contributed by atoms with van der Waals surface area (Å²) in [5.41, 5.74) is 7.01. The lowest BCUT2D eigenvalue weighted by molar-refractivity contribution is 1.30. The van der Waals surface area contributed by atoms with E-state index < -0.39 is 0 Å². The van der Waals surface area contributed by atoms with Crippen molar-refractivity contribution in [3.05, 3.63) is 78.9 Å². The summed E-state index contributed by atoms with van der Waals surface area (Å²) in [6.45, 7) is 0. The first-order chi connectivity index (χ1) is 13.8. The summed E-state index contributed by atoms with van der Waals surface area (Å²) in [4.78, 5) is 6.63. The fourth-order valence-electron chi connectivity index (χ4n) is 3.37. The summed E-state index contributed by atoms with van der Waals surface area (Å²) in [5.74, 6) is 1.13. The highest BCUT2D eigenvalue weighted by Crippen LogP contribution is 2.32. The molecule has 0 radical (unpaired) electrons. The molecular formula is C22H17N5S. The average molecular weight is 383 g/mol. The molecule has 4 aromatic rings. The minimum Gasteiger partial charge on any atom is -0.287 e. The van der Waals surface area contributed by atoms with Crippen LogP contribution in [0.2, 0.25) is 0 Å². The molecule has 0 saturated carbocycles. The number of nitrogens with one attached hydrogen (secondary N) is 2. The third-order valence-corrected chi connectivity index (χ3v) is 5.61. The lowest BCUT2D eigenvalue weighted by atomic mass is 10.1. The Morgan fingerprint density at radius 1 is 0.857 bits per heavy atom. The van der Waals surface area contributed by atoms with Crippen LogP contribution in [0.3, 0.4) is 0 Å². The van der Waals surface area contributed by atoms with E-state index in [1.165, 1.54) is 0 Å². The molecule has 3 aromatic carbocycles. The lowest BCUT2D eigenvalue weighted by Gasteiger charge is -2.18. The Labute approximate surface area is 166 Å². The number of amidine groups is 2. The Bertz CT molecular complexity index is 1170. The summed E-state index contributed by atoms with van der Waals surface area (Å²) in [7, 11) is 0. The second-order valence-corrected chi connectivity index (χ2v) is 7.38. The molecule has 28 heavy (non-hydrogen) atoms. The van der Waals surface area contributed by atoms with Crippen LogP contribution in [0.4, 0.5) is 11.4 Å². The van der Waals surface area contributed by atoms with Gasteiger partial charge in [0, 0.05) is 16.5 Å². The molecule has 0 atom stereocenters. The number of anilines is 2. The number of nitrogens with zero attached hydrogens (tertiary/aromatic N) is 3. The number of aromatic nitrogens is 1. The van der Waals surface area contributed by atoms with Crippen LogP contribution in [0.15, 0.2) is 84.0 Å². The number of hydrogen-bond donors (Lipinski definition) is 2. The predicted molar refractivity (Wildman–Crippen MR) is 119 cm³/mol. The van der Waals surface area contributed by atoms with Gasteiger partial charge in [0.1, 0.15) is 5.84 Å². The van der Waals surface area contributed by atoms with Gasteiger partial charge in [0.25, 0.3) is 0 Å². The lowest BCUT2D eigenvalue weighted by Crippen LogP contribution is -2.29. The highest BCUT2D eigenvalue weighted by molar-refractivity contribution is 8.15. The van der Waals surface area contributed by atoms with E-state index in [2.05, 4.69) is 22.7 Å². The maximum Gasteiger partial charge on any atom is 0.193 e. The number of fused-ring (bicyclic) bond motifs is 2. The van der Waals surface area contributed by atoms with Crippen molar-refractivity contribution in [1.29, 1.82) is 5.41 Å². The van der Waals surface area contributed by atoms with Gasteiger partial charge in [-0.1, -0.05) is 66.4 Å². The van der Waals surface area contributed by atoms with E-state index in [9.17, 15) is 0 Å². The molecule has 1 aromatic heterocycles. The van der Waals surface area contributed by atoms with Crippen molar-refractivity contribution >= 4 is 55.9 Å². The molecule has 1 saturated heterocycles. The van der Waals surface area contributed by atoms with E-state index in [1.807, 2.05) is 71.6 Å². The molecule has 136 valence electrons. The summed E-state index contributed by atoms with van der Waals surface area (Å²) in [6, 6.07) is 26.0. The minimum absolute atomic E-state index is 0.529. The van der Waals surface area contributed by atoms with Crippen LogP contribution in [0, 0.1) is 5.41 Å². The van der Waals surface area contributed by atoms with Gasteiger partial charge in [-0.2, -0.15) is 0 Å². The normalized spacial score (nSPS) is 15.6. The Kier molecular flexibility index (Phi) is 4.18. The first-order valence-corrected chi connectivity index (χ1v) is 9.96. The van der Waals surface area contributed by atoms with Crippen LogP contribution < -0.4 is 10.3 Å². The van der Waals surface area contributed by atoms with Gasteiger partial charge in [0.15, 0.2) is 5.17 Å². The van der Waals surface area contributed by atoms with Crippen LogP contribution in [0.5, 0.6) is 0 Å². The molecule has 1 aliphatic rings. The smallest absolute Gasteiger partial charge is 0.193 e. The van der Waals surface area contributed by atoms with Crippen molar-refractivity contribution in [1.82, 2.24) is 4.98 Å². The van der Waals surface area contributed by atoms with Crippen molar-refractivity contribution in [3.63, 3.8) is 0 Å². The first-order valence-electron chi connectivity index (χ1n) is 8.98. The van der Waals surface area contributed by atoms with Gasteiger partial charge in [0.05, 0.1) is 22.5 Å². The van der Waals surface area contributed by atoms with Gasteiger partial charge >= 0.3 is 0 Å². The zero-order valence-electron chi connectivity index (χ0n) is 15.0. The molecule has 6 heteroatoms. The van der Waals surface area contributed by atoms with Crippen molar-refractivity contribution in [2.45, 2.75) is 0 Å². The number of hydrazone groups is 1. The number of rotatable bonds is 3. The molecule has 0 bridgehead atoms. The summed E-state index contributed by atoms with van der Waals surface area (Å²) >= 11 is 1.56. The van der Waals surface area contributed by atoms with E-state index in [1.54, 1.807) is 11.8 Å². The third-order valence-electron chi connectivity index (χ3n) is 4.66. The predicted octanol–water partition coefficient (Wildman–Crippen LogP) is 5.30. The Morgan fingerprint density at radius 2 is 1.46 bits per heavy atom. The summed E-state index contributed by atoms with van der Waals surface area (Å²) in [6.07, 6.45) is 0. The third kappa shape index (κ3) is 2.88. The number of thioether (sulfide) groups is 1. The minimum atomic E-state index is 0.529. The molecule has 0 spiro atoms. The molecular weight excluding hydrogens is 366 g/mol. The second kappa shape index (κ2) is 6.98. The van der Waals surface area contributed by atoms with Crippen LogP contribution in [0.1, 0.15) is 0 Å². The Hall–Kier alpha value is -3.38. The Morgan fingerprint density at radius 3 is 2.14 bits per heavy atom. The van der Waals surface area contributed by atoms with Gasteiger partial charge < -0.3 is 0 Å².